The van der Waals surface area contributed by atoms with E-state index in [1.165, 1.54) is 0 Å². The smallest absolute Gasteiger partial charge is 0.335 e. The molecule has 2 fully saturated rings. The minimum Gasteiger partial charge on any atom is -0.438 e. The minimum absolute atomic E-state index is 0.184. The molecule has 0 bridgehead atoms. The Labute approximate surface area is 265 Å². The van der Waals surface area contributed by atoms with Crippen LogP contribution in [-0.4, -0.2) is 58.2 Å². The highest BCUT2D eigenvalue weighted by Crippen LogP contribution is 2.49. The van der Waals surface area contributed by atoms with Crippen molar-refractivity contribution in [3.63, 3.8) is 0 Å². The quantitative estimate of drug-likeness (QED) is 0.145. The van der Waals surface area contributed by atoms with Crippen molar-refractivity contribution < 1.29 is 27.2 Å². The number of hydrogen-bond acceptors (Lipinski definition) is 8. The predicted molar refractivity (Wildman–Crippen MR) is 177 cm³/mol. The molecule has 1 aromatic heterocycles. The van der Waals surface area contributed by atoms with Crippen molar-refractivity contribution in [2.24, 2.45) is 0 Å². The number of benzene rings is 1. The third-order valence-electron chi connectivity index (χ3n) is 8.72. The van der Waals surface area contributed by atoms with Crippen LogP contribution in [0.15, 0.2) is 43.1 Å². The number of hydrogen-bond donors (Lipinski definition) is 0. The maximum absolute atomic E-state index is 7.38. The number of aromatic nitrogens is 2. The van der Waals surface area contributed by atoms with Crippen molar-refractivity contribution in [3.05, 3.63) is 59.0 Å². The summed E-state index contributed by atoms with van der Waals surface area (Å²) < 4.78 is 43.2. The molecule has 8 nitrogen and oxygen atoms in total. The van der Waals surface area contributed by atoms with Crippen molar-refractivity contribution in [2.75, 3.05) is 13.2 Å². The van der Waals surface area contributed by atoms with Crippen molar-refractivity contribution in [3.8, 4) is 11.6 Å². The second-order valence-corrected chi connectivity index (χ2v) is 22.2. The molecule has 2 aliphatic heterocycles. The van der Waals surface area contributed by atoms with Gasteiger partial charge in [-0.2, -0.15) is 4.98 Å². The van der Waals surface area contributed by atoms with Gasteiger partial charge in [0.25, 0.3) is 0 Å². The van der Waals surface area contributed by atoms with Crippen molar-refractivity contribution in [1.82, 2.24) is 9.55 Å². The average molecular weight is 647 g/mol. The van der Waals surface area contributed by atoms with Crippen LogP contribution in [0, 0.1) is 18.6 Å². The Bertz CT molecular complexity index is 1300. The van der Waals surface area contributed by atoms with Crippen molar-refractivity contribution in [2.45, 2.75) is 116 Å². The summed E-state index contributed by atoms with van der Waals surface area (Å²) in [5.41, 5.74) is 2.91. The number of fused-ring (bicyclic) bond motifs is 1. The number of ether oxygens (including phenoxy) is 3. The summed E-state index contributed by atoms with van der Waals surface area (Å²) in [5, 5.41) is 0. The third-order valence-corrected chi connectivity index (χ3v) is 19.3. The highest BCUT2D eigenvalue weighted by molar-refractivity contribution is 7.71. The molecule has 1 aromatic carbocycles. The first kappa shape index (κ1) is 34.2. The Balaban J connectivity index is 1.75. The largest absolute Gasteiger partial charge is 0.438 e. The average Bonchev–Trinajstić information content (AvgIpc) is 3.24. The molecule has 0 radical (unpaired) electrons. The lowest BCUT2D eigenvalue weighted by Crippen LogP contribution is -2.66. The Hall–Kier alpha value is -1.71. The van der Waals surface area contributed by atoms with Crippen LogP contribution in [0.2, 0.25) is 22.2 Å². The molecule has 0 amide bonds. The molecule has 4 rings (SSSR count). The van der Waals surface area contributed by atoms with Gasteiger partial charge in [0.2, 0.25) is 10.7 Å². The first-order valence-corrected chi connectivity index (χ1v) is 19.9. The molecule has 0 unspecified atom stereocenters. The van der Waals surface area contributed by atoms with Gasteiger partial charge in [0.15, 0.2) is 6.23 Å². The van der Waals surface area contributed by atoms with Crippen LogP contribution in [0.25, 0.3) is 0 Å². The lowest BCUT2D eigenvalue weighted by atomic mass is 10.1. The first-order chi connectivity index (χ1) is 20.3. The molecular formula is C32H50N2O6SSi2. The van der Waals surface area contributed by atoms with E-state index in [9.17, 15) is 0 Å². The lowest BCUT2D eigenvalue weighted by molar-refractivity contribution is -0.0674. The van der Waals surface area contributed by atoms with Crippen molar-refractivity contribution >= 4 is 29.3 Å². The van der Waals surface area contributed by atoms with Gasteiger partial charge in [-0.25, -0.2) is 0 Å². The number of aryl methyl sites for hydroxylation is 2. The molecule has 11 heteroatoms. The topological polar surface area (TPSA) is 73.2 Å². The van der Waals surface area contributed by atoms with E-state index >= 15 is 0 Å². The molecule has 4 atom stereocenters. The molecular weight excluding hydrogens is 597 g/mol. The van der Waals surface area contributed by atoms with Gasteiger partial charge in [0, 0.05) is 12.3 Å². The molecule has 0 N–H and O–H groups in total. The zero-order valence-electron chi connectivity index (χ0n) is 27.5. The monoisotopic (exact) mass is 646 g/mol. The maximum Gasteiger partial charge on any atom is 0.335 e. The van der Waals surface area contributed by atoms with Gasteiger partial charge in [0.05, 0.1) is 13.2 Å². The molecule has 43 heavy (non-hydrogen) atoms. The minimum atomic E-state index is -2.88. The van der Waals surface area contributed by atoms with Gasteiger partial charge in [-0.15, -0.1) is 6.58 Å². The van der Waals surface area contributed by atoms with Gasteiger partial charge in [-0.1, -0.05) is 79.7 Å². The fourth-order valence-electron chi connectivity index (χ4n) is 6.42. The van der Waals surface area contributed by atoms with E-state index in [4.69, 9.17) is 39.4 Å². The Morgan fingerprint density at radius 2 is 1.60 bits per heavy atom. The van der Waals surface area contributed by atoms with Crippen LogP contribution in [0.5, 0.6) is 11.6 Å². The SMILES string of the molecule is C=CCO[C@@H]1[C@@H]2O[Si](C(C)C)(C(C)C)O[Si](C(C)C)(C(C)C)OC[C@H]2O[C@H]1n1ccc(Oc2c(C)cccc2C)nc1=S. The lowest BCUT2D eigenvalue weighted by Gasteiger charge is -2.51. The summed E-state index contributed by atoms with van der Waals surface area (Å²) in [6, 6.07) is 7.85. The van der Waals surface area contributed by atoms with Crippen LogP contribution in [0.4, 0.5) is 0 Å². The fraction of sp³-hybridized carbons (Fsp3) is 0.625. The summed E-state index contributed by atoms with van der Waals surface area (Å²) in [6.45, 7) is 26.3. The molecule has 0 aliphatic carbocycles. The summed E-state index contributed by atoms with van der Waals surface area (Å²) in [4.78, 5) is 4.64. The van der Waals surface area contributed by atoms with Crippen LogP contribution in [0.1, 0.15) is 72.7 Å². The Kier molecular flexibility index (Phi) is 10.9. The Morgan fingerprint density at radius 3 is 2.14 bits per heavy atom. The molecule has 2 aliphatic rings. The highest BCUT2D eigenvalue weighted by atomic mass is 32.1. The summed E-state index contributed by atoms with van der Waals surface area (Å²) in [5.74, 6) is 1.21. The maximum atomic E-state index is 7.38. The standard InChI is InChI=1S/C32H50N2O6SSi2/c1-12-18-35-30-29-26(19-36-42(20(2)3,21(4)5)40-43(39-29,22(6)7)23(8)9)37-31(30)34-17-16-27(33-32(34)41)38-28-24(10)14-13-15-25(28)11/h12-17,20-23,26,29-31H,1,18-19H2,2-11H3/t26-,29-,30-,31-/m1/s1. The zero-order valence-corrected chi connectivity index (χ0v) is 30.3. The Morgan fingerprint density at radius 1 is 1.00 bits per heavy atom. The second-order valence-electron chi connectivity index (χ2n) is 13.0. The normalized spacial score (nSPS) is 25.2. The third kappa shape index (κ3) is 6.65. The van der Waals surface area contributed by atoms with E-state index in [0.29, 0.717) is 23.9 Å². The van der Waals surface area contributed by atoms with Gasteiger partial charge >= 0.3 is 17.1 Å². The summed E-state index contributed by atoms with van der Waals surface area (Å²) in [6.07, 6.45) is 1.76. The van der Waals surface area contributed by atoms with Crippen LogP contribution in [0.3, 0.4) is 0 Å². The first-order valence-electron chi connectivity index (χ1n) is 15.5. The number of para-hydroxylation sites is 1. The zero-order chi connectivity index (χ0) is 31.7. The molecule has 2 aromatic rings. The van der Waals surface area contributed by atoms with E-state index in [1.54, 1.807) is 6.08 Å². The van der Waals surface area contributed by atoms with E-state index in [-0.39, 0.29) is 28.3 Å². The second kappa shape index (κ2) is 13.7. The molecule has 0 spiro atoms. The van der Waals surface area contributed by atoms with Crippen LogP contribution >= 0.6 is 12.2 Å². The van der Waals surface area contributed by atoms with Crippen molar-refractivity contribution in [1.29, 1.82) is 0 Å². The van der Waals surface area contributed by atoms with Crippen LogP contribution in [-0.2, 0) is 22.4 Å². The van der Waals surface area contributed by atoms with E-state index < -0.39 is 35.6 Å². The van der Waals surface area contributed by atoms with Gasteiger partial charge in [-0.3, -0.25) is 4.57 Å². The molecule has 0 saturated carbocycles. The van der Waals surface area contributed by atoms with Gasteiger partial charge < -0.3 is 27.2 Å². The van der Waals surface area contributed by atoms with E-state index in [0.717, 1.165) is 16.9 Å². The van der Waals surface area contributed by atoms with Gasteiger partial charge in [-0.05, 0) is 59.4 Å². The van der Waals surface area contributed by atoms with Gasteiger partial charge in [0.1, 0.15) is 24.1 Å². The highest BCUT2D eigenvalue weighted by Gasteiger charge is 2.62. The molecule has 2 saturated heterocycles. The fourth-order valence-corrected chi connectivity index (χ4v) is 17.9. The summed E-state index contributed by atoms with van der Waals surface area (Å²) >= 11 is 5.81. The number of nitrogens with zero attached hydrogens (tertiary/aromatic N) is 2. The van der Waals surface area contributed by atoms with E-state index in [2.05, 4.69) is 67.0 Å². The number of rotatable bonds is 10. The van der Waals surface area contributed by atoms with Crippen LogP contribution < -0.4 is 4.74 Å². The molecule has 238 valence electrons. The molecule has 3 heterocycles. The van der Waals surface area contributed by atoms with E-state index in [1.807, 2.05) is 48.9 Å². The summed E-state index contributed by atoms with van der Waals surface area (Å²) in [7, 11) is -5.59. The predicted octanol–water partition coefficient (Wildman–Crippen LogP) is 8.45.